The van der Waals surface area contributed by atoms with Crippen LogP contribution in [0.2, 0.25) is 0 Å². The van der Waals surface area contributed by atoms with E-state index in [2.05, 4.69) is 5.32 Å². The van der Waals surface area contributed by atoms with Crippen molar-refractivity contribution in [3.05, 3.63) is 35.4 Å². The largest absolute Gasteiger partial charge is 0.349 e. The Labute approximate surface area is 99.0 Å². The van der Waals surface area contributed by atoms with Gasteiger partial charge in [-0.2, -0.15) is 0 Å². The van der Waals surface area contributed by atoms with E-state index in [9.17, 15) is 13.6 Å². The van der Waals surface area contributed by atoms with Crippen LogP contribution in [-0.4, -0.2) is 18.0 Å². The lowest BCUT2D eigenvalue weighted by Crippen LogP contribution is -2.37. The standard InChI is InChI=1S/C12H16F2N2O/c1-7(15)6-8(2)16-12(17)9-4-3-5-10(13)11(9)14/h3-5,7-8H,6,15H2,1-2H3,(H,16,17). The van der Waals surface area contributed by atoms with Gasteiger partial charge in [-0.3, -0.25) is 4.79 Å². The second-order valence-electron chi connectivity index (χ2n) is 4.19. The van der Waals surface area contributed by atoms with Gasteiger partial charge < -0.3 is 11.1 Å². The van der Waals surface area contributed by atoms with Gasteiger partial charge in [-0.15, -0.1) is 0 Å². The molecule has 0 aromatic heterocycles. The van der Waals surface area contributed by atoms with Crippen LogP contribution < -0.4 is 11.1 Å². The van der Waals surface area contributed by atoms with Crippen molar-refractivity contribution in [2.24, 2.45) is 5.73 Å². The maximum absolute atomic E-state index is 13.3. The molecule has 0 aliphatic heterocycles. The Morgan fingerprint density at radius 2 is 2.06 bits per heavy atom. The van der Waals surface area contributed by atoms with Crippen LogP contribution in [0, 0.1) is 11.6 Å². The van der Waals surface area contributed by atoms with Crippen LogP contribution in [0.15, 0.2) is 18.2 Å². The Bertz CT molecular complexity index is 407. The highest BCUT2D eigenvalue weighted by molar-refractivity contribution is 5.94. The van der Waals surface area contributed by atoms with Gasteiger partial charge in [0.1, 0.15) is 0 Å². The van der Waals surface area contributed by atoms with Crippen molar-refractivity contribution in [1.82, 2.24) is 5.32 Å². The molecule has 17 heavy (non-hydrogen) atoms. The molecule has 0 heterocycles. The molecule has 0 spiro atoms. The van der Waals surface area contributed by atoms with E-state index >= 15 is 0 Å². The summed E-state index contributed by atoms with van der Waals surface area (Å²) in [6.07, 6.45) is 0.572. The molecule has 3 N–H and O–H groups in total. The summed E-state index contributed by atoms with van der Waals surface area (Å²) < 4.78 is 26.2. The lowest BCUT2D eigenvalue weighted by molar-refractivity contribution is 0.0932. The monoisotopic (exact) mass is 242 g/mol. The fourth-order valence-electron chi connectivity index (χ4n) is 1.60. The molecule has 94 valence electrons. The maximum Gasteiger partial charge on any atom is 0.254 e. The third-order valence-electron chi connectivity index (χ3n) is 2.30. The van der Waals surface area contributed by atoms with Crippen molar-refractivity contribution in [3.63, 3.8) is 0 Å². The second-order valence-corrected chi connectivity index (χ2v) is 4.19. The van der Waals surface area contributed by atoms with Gasteiger partial charge in [0.05, 0.1) is 5.56 Å². The first-order valence-corrected chi connectivity index (χ1v) is 5.42. The predicted molar refractivity (Wildman–Crippen MR) is 61.6 cm³/mol. The number of nitrogens with one attached hydrogen (secondary N) is 1. The Morgan fingerprint density at radius 1 is 1.41 bits per heavy atom. The third-order valence-corrected chi connectivity index (χ3v) is 2.30. The van der Waals surface area contributed by atoms with Gasteiger partial charge in [0.15, 0.2) is 11.6 Å². The smallest absolute Gasteiger partial charge is 0.254 e. The summed E-state index contributed by atoms with van der Waals surface area (Å²) in [6, 6.07) is 3.25. The summed E-state index contributed by atoms with van der Waals surface area (Å²) in [7, 11) is 0. The molecule has 0 radical (unpaired) electrons. The van der Waals surface area contributed by atoms with E-state index in [1.165, 1.54) is 12.1 Å². The Morgan fingerprint density at radius 3 is 2.65 bits per heavy atom. The quantitative estimate of drug-likeness (QED) is 0.846. The van der Waals surface area contributed by atoms with Gasteiger partial charge in [0.2, 0.25) is 0 Å². The summed E-state index contributed by atoms with van der Waals surface area (Å²) in [4.78, 5) is 11.7. The van der Waals surface area contributed by atoms with E-state index in [0.717, 1.165) is 6.07 Å². The lowest BCUT2D eigenvalue weighted by Gasteiger charge is -2.16. The fraction of sp³-hybridized carbons (Fsp3) is 0.417. The molecular weight excluding hydrogens is 226 g/mol. The number of hydrogen-bond donors (Lipinski definition) is 2. The minimum atomic E-state index is -1.13. The average Bonchev–Trinajstić information content (AvgIpc) is 2.20. The predicted octanol–water partition coefficient (Wildman–Crippen LogP) is 1.82. The van der Waals surface area contributed by atoms with Crippen molar-refractivity contribution in [3.8, 4) is 0 Å². The van der Waals surface area contributed by atoms with Gasteiger partial charge >= 0.3 is 0 Å². The van der Waals surface area contributed by atoms with Crippen LogP contribution in [-0.2, 0) is 0 Å². The summed E-state index contributed by atoms with van der Waals surface area (Å²) in [6.45, 7) is 3.57. The molecule has 0 bridgehead atoms. The van der Waals surface area contributed by atoms with Gasteiger partial charge in [0.25, 0.3) is 5.91 Å². The normalized spacial score (nSPS) is 14.2. The van der Waals surface area contributed by atoms with Crippen molar-refractivity contribution in [2.75, 3.05) is 0 Å². The molecule has 0 saturated carbocycles. The van der Waals surface area contributed by atoms with E-state index in [1.807, 2.05) is 6.92 Å². The van der Waals surface area contributed by atoms with Crippen molar-refractivity contribution >= 4 is 5.91 Å². The summed E-state index contributed by atoms with van der Waals surface area (Å²) >= 11 is 0. The molecule has 2 atom stereocenters. The van der Waals surface area contributed by atoms with Crippen LogP contribution in [0.3, 0.4) is 0 Å². The summed E-state index contributed by atoms with van der Waals surface area (Å²) in [5, 5.41) is 2.57. The van der Waals surface area contributed by atoms with Crippen molar-refractivity contribution < 1.29 is 13.6 Å². The number of carbonyl (C=O) groups is 1. The Balaban J connectivity index is 2.73. The van der Waals surface area contributed by atoms with E-state index in [4.69, 9.17) is 5.73 Å². The highest BCUT2D eigenvalue weighted by Gasteiger charge is 2.17. The zero-order valence-electron chi connectivity index (χ0n) is 9.84. The number of nitrogens with two attached hydrogens (primary N) is 1. The van der Waals surface area contributed by atoms with E-state index in [0.29, 0.717) is 6.42 Å². The lowest BCUT2D eigenvalue weighted by atomic mass is 10.1. The first kappa shape index (κ1) is 13.6. The van der Waals surface area contributed by atoms with E-state index in [1.54, 1.807) is 6.92 Å². The highest BCUT2D eigenvalue weighted by atomic mass is 19.2. The van der Waals surface area contributed by atoms with Crippen molar-refractivity contribution in [2.45, 2.75) is 32.4 Å². The third kappa shape index (κ3) is 3.78. The van der Waals surface area contributed by atoms with Gasteiger partial charge in [0, 0.05) is 12.1 Å². The number of halogens is 2. The molecular formula is C12H16F2N2O. The van der Waals surface area contributed by atoms with Gasteiger partial charge in [-0.1, -0.05) is 6.07 Å². The Hall–Kier alpha value is -1.49. The van der Waals surface area contributed by atoms with E-state index < -0.39 is 17.5 Å². The molecule has 1 aromatic carbocycles. The number of benzene rings is 1. The summed E-state index contributed by atoms with van der Waals surface area (Å²) in [5.74, 6) is -2.79. The summed E-state index contributed by atoms with van der Waals surface area (Å²) in [5.41, 5.74) is 5.29. The number of hydrogen-bond acceptors (Lipinski definition) is 2. The molecule has 0 aliphatic carbocycles. The van der Waals surface area contributed by atoms with Crippen LogP contribution in [0.25, 0.3) is 0 Å². The zero-order valence-corrected chi connectivity index (χ0v) is 9.84. The van der Waals surface area contributed by atoms with Crippen molar-refractivity contribution in [1.29, 1.82) is 0 Å². The zero-order chi connectivity index (χ0) is 13.0. The maximum atomic E-state index is 13.3. The second kappa shape index (κ2) is 5.72. The van der Waals surface area contributed by atoms with Crippen LogP contribution in [0.4, 0.5) is 8.78 Å². The molecule has 1 aromatic rings. The SMILES string of the molecule is CC(N)CC(C)NC(=O)c1cccc(F)c1F. The van der Waals surface area contributed by atoms with Crippen LogP contribution in [0.1, 0.15) is 30.6 Å². The topological polar surface area (TPSA) is 55.1 Å². The first-order chi connectivity index (χ1) is 7.91. The van der Waals surface area contributed by atoms with Crippen LogP contribution in [0.5, 0.6) is 0 Å². The first-order valence-electron chi connectivity index (χ1n) is 5.42. The molecule has 1 rings (SSSR count). The highest BCUT2D eigenvalue weighted by Crippen LogP contribution is 2.11. The number of amides is 1. The molecule has 0 fully saturated rings. The van der Waals surface area contributed by atoms with E-state index in [-0.39, 0.29) is 17.6 Å². The average molecular weight is 242 g/mol. The molecule has 0 aliphatic rings. The molecule has 2 unspecified atom stereocenters. The molecule has 3 nitrogen and oxygen atoms in total. The molecule has 0 saturated heterocycles. The minimum absolute atomic E-state index is 0.0670. The minimum Gasteiger partial charge on any atom is -0.349 e. The van der Waals surface area contributed by atoms with Gasteiger partial charge in [-0.05, 0) is 32.4 Å². The fourth-order valence-corrected chi connectivity index (χ4v) is 1.60. The number of rotatable bonds is 4. The van der Waals surface area contributed by atoms with Crippen LogP contribution >= 0.6 is 0 Å². The number of carbonyl (C=O) groups excluding carboxylic acids is 1. The molecule has 5 heteroatoms. The Kier molecular flexibility index (Phi) is 4.57. The molecule has 1 amide bonds. The van der Waals surface area contributed by atoms with Gasteiger partial charge in [-0.25, -0.2) is 8.78 Å².